The predicted molar refractivity (Wildman–Crippen MR) is 102 cm³/mol. The van der Waals surface area contributed by atoms with Crippen LogP contribution in [0.15, 0.2) is 72.8 Å². The highest BCUT2D eigenvalue weighted by Gasteiger charge is 2.09. The molecular formula is C21H17N2O5-. The number of rotatable bonds is 7. The van der Waals surface area contributed by atoms with Crippen LogP contribution in [0.3, 0.4) is 0 Å². The molecule has 0 spiro atoms. The molecule has 142 valence electrons. The number of nitrogens with zero attached hydrogens (tertiary/aromatic N) is 1. The number of benzene rings is 3. The average Bonchev–Trinajstić information content (AvgIpc) is 2.72. The lowest BCUT2D eigenvalue weighted by Gasteiger charge is -2.14. The zero-order valence-electron chi connectivity index (χ0n) is 14.8. The van der Waals surface area contributed by atoms with Crippen LogP contribution >= 0.6 is 0 Å². The first-order valence-electron chi connectivity index (χ1n) is 8.52. The molecule has 0 aliphatic rings. The third-order valence-corrected chi connectivity index (χ3v) is 4.06. The molecular weight excluding hydrogens is 360 g/mol. The molecule has 7 nitrogen and oxygen atoms in total. The zero-order chi connectivity index (χ0) is 19.9. The van der Waals surface area contributed by atoms with E-state index in [1.165, 1.54) is 0 Å². The molecule has 0 heterocycles. The van der Waals surface area contributed by atoms with Gasteiger partial charge in [-0.1, -0.05) is 48.5 Å². The highest BCUT2D eigenvalue weighted by molar-refractivity contribution is 5.77. The largest absolute Gasteiger partial charge is 0.872 e. The number of ether oxygens (including phenoxy) is 1. The standard InChI is InChI=1S/C21H18N2O5/c24-20-11-8-18(23(26)27)12-17(20)13-22-21(25)14-28-19-9-6-16(7-10-19)15-4-2-1-3-5-15/h1-12,24H,13-14H2,(H,22,25)/p-1. The summed E-state index contributed by atoms with van der Waals surface area (Å²) in [4.78, 5) is 22.1. The lowest BCUT2D eigenvalue weighted by molar-refractivity contribution is -0.385. The molecule has 0 aliphatic carbocycles. The van der Waals surface area contributed by atoms with E-state index in [4.69, 9.17) is 4.74 Å². The molecule has 0 aliphatic heterocycles. The summed E-state index contributed by atoms with van der Waals surface area (Å²) in [6.07, 6.45) is 0. The van der Waals surface area contributed by atoms with Crippen molar-refractivity contribution in [2.24, 2.45) is 0 Å². The molecule has 28 heavy (non-hydrogen) atoms. The molecule has 3 aromatic rings. The molecule has 0 saturated carbocycles. The number of nitro groups is 1. The second kappa shape index (κ2) is 8.68. The van der Waals surface area contributed by atoms with Gasteiger partial charge < -0.3 is 15.2 Å². The smallest absolute Gasteiger partial charge is 0.269 e. The Balaban J connectivity index is 1.52. The topological polar surface area (TPSA) is 105 Å². The number of hydrogen-bond acceptors (Lipinski definition) is 5. The van der Waals surface area contributed by atoms with Gasteiger partial charge in [0.2, 0.25) is 0 Å². The Kier molecular flexibility index (Phi) is 5.86. The number of carbonyl (C=O) groups is 1. The van der Waals surface area contributed by atoms with Crippen molar-refractivity contribution >= 4 is 11.6 Å². The van der Waals surface area contributed by atoms with Gasteiger partial charge in [-0.15, -0.1) is 5.75 Å². The van der Waals surface area contributed by atoms with Crippen molar-refractivity contribution in [1.82, 2.24) is 5.32 Å². The van der Waals surface area contributed by atoms with Gasteiger partial charge in [-0.25, -0.2) is 0 Å². The quantitative estimate of drug-likeness (QED) is 0.503. The third kappa shape index (κ3) is 4.85. The molecule has 7 heteroatoms. The van der Waals surface area contributed by atoms with Crippen molar-refractivity contribution < 1.29 is 19.6 Å². The molecule has 1 amide bonds. The maximum atomic E-state index is 11.9. The normalized spacial score (nSPS) is 10.3. The van der Waals surface area contributed by atoms with E-state index >= 15 is 0 Å². The van der Waals surface area contributed by atoms with Crippen LogP contribution in [-0.4, -0.2) is 17.4 Å². The van der Waals surface area contributed by atoms with E-state index in [-0.39, 0.29) is 30.2 Å². The first-order chi connectivity index (χ1) is 13.5. The maximum absolute atomic E-state index is 11.9. The van der Waals surface area contributed by atoms with E-state index in [2.05, 4.69) is 5.32 Å². The van der Waals surface area contributed by atoms with Gasteiger partial charge in [-0.2, -0.15) is 0 Å². The second-order valence-corrected chi connectivity index (χ2v) is 6.00. The van der Waals surface area contributed by atoms with Crippen molar-refractivity contribution in [3.63, 3.8) is 0 Å². The number of hydrogen-bond donors (Lipinski definition) is 1. The summed E-state index contributed by atoms with van der Waals surface area (Å²) in [5.74, 6) is -0.268. The van der Waals surface area contributed by atoms with E-state index in [1.54, 1.807) is 12.1 Å². The van der Waals surface area contributed by atoms with Crippen molar-refractivity contribution in [2.75, 3.05) is 6.61 Å². The predicted octanol–water partition coefficient (Wildman–Crippen LogP) is 3.03. The Morgan fingerprint density at radius 2 is 1.64 bits per heavy atom. The molecule has 3 rings (SSSR count). The number of nitrogens with one attached hydrogen (secondary N) is 1. The molecule has 0 radical (unpaired) electrons. The number of amides is 1. The lowest BCUT2D eigenvalue weighted by Crippen LogP contribution is -2.28. The summed E-state index contributed by atoms with van der Waals surface area (Å²) in [5, 5.41) is 25.0. The summed E-state index contributed by atoms with van der Waals surface area (Å²) >= 11 is 0. The van der Waals surface area contributed by atoms with Crippen LogP contribution < -0.4 is 15.2 Å². The van der Waals surface area contributed by atoms with Crippen molar-refractivity contribution in [2.45, 2.75) is 6.54 Å². The minimum Gasteiger partial charge on any atom is -0.872 e. The molecule has 3 aromatic carbocycles. The molecule has 0 unspecified atom stereocenters. The summed E-state index contributed by atoms with van der Waals surface area (Å²) < 4.78 is 5.44. The molecule has 0 bridgehead atoms. The number of non-ortho nitro benzene ring substituents is 1. The van der Waals surface area contributed by atoms with E-state index in [9.17, 15) is 20.0 Å². The van der Waals surface area contributed by atoms with Crippen LogP contribution in [0.25, 0.3) is 11.1 Å². The first-order valence-corrected chi connectivity index (χ1v) is 8.52. The van der Waals surface area contributed by atoms with Gasteiger partial charge in [0.05, 0.1) is 4.92 Å². The van der Waals surface area contributed by atoms with Crippen LogP contribution in [0.1, 0.15) is 5.56 Å². The molecule has 1 N–H and O–H groups in total. The molecule has 0 fully saturated rings. The Morgan fingerprint density at radius 1 is 0.964 bits per heavy atom. The Bertz CT molecular complexity index is 972. The van der Waals surface area contributed by atoms with Gasteiger partial charge >= 0.3 is 0 Å². The SMILES string of the molecule is O=C(COc1ccc(-c2ccccc2)cc1)NCc1cc([N+](=O)[O-])ccc1[O-]. The molecule has 0 saturated heterocycles. The summed E-state index contributed by atoms with van der Waals surface area (Å²) in [6, 6.07) is 20.6. The lowest BCUT2D eigenvalue weighted by atomic mass is 10.1. The van der Waals surface area contributed by atoms with Crippen LogP contribution in [-0.2, 0) is 11.3 Å². The Hall–Kier alpha value is -3.87. The van der Waals surface area contributed by atoms with E-state index < -0.39 is 10.8 Å². The third-order valence-electron chi connectivity index (χ3n) is 4.06. The Labute approximate surface area is 161 Å². The van der Waals surface area contributed by atoms with Crippen molar-refractivity contribution in [3.05, 3.63) is 88.5 Å². The molecule has 0 aromatic heterocycles. The van der Waals surface area contributed by atoms with Crippen LogP contribution in [0.5, 0.6) is 11.5 Å². The first kappa shape index (κ1) is 18.9. The van der Waals surface area contributed by atoms with Gasteiger partial charge in [-0.05, 0) is 28.8 Å². The van der Waals surface area contributed by atoms with Crippen molar-refractivity contribution in [3.8, 4) is 22.6 Å². The fourth-order valence-corrected chi connectivity index (χ4v) is 2.59. The number of carbonyl (C=O) groups excluding carboxylic acids is 1. The van der Waals surface area contributed by atoms with Crippen LogP contribution in [0.4, 0.5) is 5.69 Å². The summed E-state index contributed by atoms with van der Waals surface area (Å²) in [6.45, 7) is -0.330. The minimum atomic E-state index is -0.590. The number of nitro benzene ring substituents is 1. The van der Waals surface area contributed by atoms with Crippen LogP contribution in [0, 0.1) is 10.1 Å². The summed E-state index contributed by atoms with van der Waals surface area (Å²) in [7, 11) is 0. The monoisotopic (exact) mass is 377 g/mol. The second-order valence-electron chi connectivity index (χ2n) is 6.00. The van der Waals surface area contributed by atoms with E-state index in [0.717, 1.165) is 29.3 Å². The van der Waals surface area contributed by atoms with E-state index in [1.807, 2.05) is 42.5 Å². The fraction of sp³-hybridized carbons (Fsp3) is 0.0952. The van der Waals surface area contributed by atoms with Gasteiger partial charge in [0.25, 0.3) is 11.6 Å². The fourth-order valence-electron chi connectivity index (χ4n) is 2.59. The average molecular weight is 377 g/mol. The highest BCUT2D eigenvalue weighted by atomic mass is 16.6. The maximum Gasteiger partial charge on any atom is 0.269 e. The van der Waals surface area contributed by atoms with E-state index in [0.29, 0.717) is 5.75 Å². The molecule has 0 atom stereocenters. The van der Waals surface area contributed by atoms with Gasteiger partial charge in [0.15, 0.2) is 6.61 Å². The Morgan fingerprint density at radius 3 is 2.32 bits per heavy atom. The zero-order valence-corrected chi connectivity index (χ0v) is 14.8. The minimum absolute atomic E-state index is 0.102. The van der Waals surface area contributed by atoms with Gasteiger partial charge in [-0.3, -0.25) is 14.9 Å². The van der Waals surface area contributed by atoms with Crippen LogP contribution in [0.2, 0.25) is 0 Å². The van der Waals surface area contributed by atoms with Gasteiger partial charge in [0.1, 0.15) is 5.75 Å². The van der Waals surface area contributed by atoms with Gasteiger partial charge in [0, 0.05) is 18.7 Å². The summed E-state index contributed by atoms with van der Waals surface area (Å²) in [5.41, 5.74) is 2.07. The van der Waals surface area contributed by atoms with Crippen molar-refractivity contribution in [1.29, 1.82) is 0 Å². The highest BCUT2D eigenvalue weighted by Crippen LogP contribution is 2.22.